The molecule has 1 atom stereocenters. The fourth-order valence-electron chi connectivity index (χ4n) is 3.73. The minimum Gasteiger partial charge on any atom is -0.493 e. The van der Waals surface area contributed by atoms with Crippen molar-refractivity contribution >= 4 is 8.32 Å². The summed E-state index contributed by atoms with van der Waals surface area (Å²) in [4.78, 5) is 0. The van der Waals surface area contributed by atoms with Crippen molar-refractivity contribution in [3.8, 4) is 23.3 Å². The minimum atomic E-state index is -2.10. The summed E-state index contributed by atoms with van der Waals surface area (Å²) in [5, 5.41) is 10.5. The Kier molecular flexibility index (Phi) is 10.3. The van der Waals surface area contributed by atoms with Gasteiger partial charge in [-0.05, 0) is 77.2 Å². The van der Waals surface area contributed by atoms with E-state index in [1.54, 1.807) is 21.3 Å². The third-order valence-electron chi connectivity index (χ3n) is 4.88. The van der Waals surface area contributed by atoms with E-state index < -0.39 is 13.9 Å². The quantitative estimate of drug-likeness (QED) is 0.196. The maximum Gasteiger partial charge on any atom is 0.203 e. The van der Waals surface area contributed by atoms with Gasteiger partial charge in [0.15, 0.2) is 25.4 Å². The average molecular weight is 446 g/mol. The first kappa shape index (κ1) is 26.8. The number of allylic oxidation sites excluding steroid dienone is 3. The second-order valence-corrected chi connectivity index (χ2v) is 13.3. The van der Waals surface area contributed by atoms with Crippen molar-refractivity contribution in [2.75, 3.05) is 21.3 Å². The van der Waals surface area contributed by atoms with Gasteiger partial charge in [0.25, 0.3) is 0 Å². The van der Waals surface area contributed by atoms with Gasteiger partial charge < -0.3 is 18.6 Å². The number of hydrogen-bond donors (Lipinski definition) is 0. The first-order chi connectivity index (χ1) is 14.6. The zero-order valence-corrected chi connectivity index (χ0v) is 21.6. The zero-order chi connectivity index (χ0) is 23.7. The molecule has 1 aromatic carbocycles. The van der Waals surface area contributed by atoms with E-state index in [2.05, 4.69) is 52.2 Å². The molecule has 0 saturated carbocycles. The van der Waals surface area contributed by atoms with E-state index in [-0.39, 0.29) is 0 Å². The number of benzene rings is 1. The van der Waals surface area contributed by atoms with E-state index >= 15 is 0 Å². The largest absolute Gasteiger partial charge is 0.493 e. The van der Waals surface area contributed by atoms with E-state index in [1.807, 2.05) is 12.1 Å². The summed E-state index contributed by atoms with van der Waals surface area (Å²) in [5.74, 6) is 1.56. The van der Waals surface area contributed by atoms with Crippen molar-refractivity contribution in [2.24, 2.45) is 0 Å². The Morgan fingerprint density at radius 1 is 1.10 bits per heavy atom. The average Bonchev–Trinajstić information content (AvgIpc) is 2.71. The maximum absolute atomic E-state index is 10.5. The van der Waals surface area contributed by atoms with Crippen LogP contribution in [0.1, 0.15) is 50.7 Å². The maximum atomic E-state index is 10.5. The predicted octanol–water partition coefficient (Wildman–Crippen LogP) is 6.54. The van der Waals surface area contributed by atoms with E-state index in [9.17, 15) is 5.26 Å². The summed E-state index contributed by atoms with van der Waals surface area (Å²) in [6.45, 7) is 14.3. The molecule has 0 saturated heterocycles. The minimum absolute atomic E-state index is 0.477. The van der Waals surface area contributed by atoms with Crippen LogP contribution < -0.4 is 14.2 Å². The van der Waals surface area contributed by atoms with Gasteiger partial charge in [-0.2, -0.15) is 5.26 Å². The molecule has 0 amide bonds. The monoisotopic (exact) mass is 445 g/mol. The lowest BCUT2D eigenvalue weighted by molar-refractivity contribution is 0.101. The van der Waals surface area contributed by atoms with Crippen LogP contribution in [0, 0.1) is 11.3 Å². The third-order valence-corrected chi connectivity index (χ3v) is 5.84. The van der Waals surface area contributed by atoms with Crippen LogP contribution in [-0.4, -0.2) is 29.6 Å². The number of hydrogen-bond acceptors (Lipinski definition) is 5. The summed E-state index contributed by atoms with van der Waals surface area (Å²) >= 11 is 0. The number of aryl methyl sites for hydroxylation is 1. The number of methoxy groups -OCH3 is 3. The van der Waals surface area contributed by atoms with Gasteiger partial charge in [0.05, 0.1) is 21.3 Å². The van der Waals surface area contributed by atoms with Gasteiger partial charge >= 0.3 is 0 Å². The van der Waals surface area contributed by atoms with Crippen LogP contribution in [0.15, 0.2) is 30.4 Å². The molecule has 1 unspecified atom stereocenters. The molecule has 31 heavy (non-hydrogen) atoms. The van der Waals surface area contributed by atoms with Gasteiger partial charge in [-0.15, -0.1) is 6.58 Å². The normalized spacial score (nSPS) is 13.0. The summed E-state index contributed by atoms with van der Waals surface area (Å²) in [6, 6.07) is 4.49. The molecular weight excluding hydrogens is 406 g/mol. The van der Waals surface area contributed by atoms with Gasteiger partial charge in [0, 0.05) is 5.56 Å². The number of unbranched alkanes of at least 4 members (excludes halogenated alkanes) is 1. The summed E-state index contributed by atoms with van der Waals surface area (Å²) in [5.41, 5.74) is 1.83. The predicted molar refractivity (Wildman–Crippen MR) is 130 cm³/mol. The Hall–Kier alpha value is -2.23. The van der Waals surface area contributed by atoms with Crippen molar-refractivity contribution < 1.29 is 18.6 Å². The standard InChI is InChI=1S/C25H39NO4Si/c1-10-11-15-20-17-21(27-4)23(28-5)24(29-6)22(20)25(18-26,30-31(7,8)9)16-13-12-14-19(2)3/h10,14,17H,1,11-13,15-16H2,2-9H3. The first-order valence-corrected chi connectivity index (χ1v) is 14.2. The second kappa shape index (κ2) is 12.0. The van der Waals surface area contributed by atoms with Gasteiger partial charge in [-0.25, -0.2) is 0 Å². The van der Waals surface area contributed by atoms with Crippen LogP contribution in [0.3, 0.4) is 0 Å². The molecule has 6 heteroatoms. The Labute approximate surface area is 189 Å². The molecule has 172 valence electrons. The highest BCUT2D eigenvalue weighted by atomic mass is 28.4. The van der Waals surface area contributed by atoms with E-state index in [4.69, 9.17) is 18.6 Å². The molecule has 0 aliphatic rings. The molecule has 0 fully saturated rings. The molecule has 0 radical (unpaired) electrons. The summed E-state index contributed by atoms with van der Waals surface area (Å²) in [6.07, 6.45) is 7.79. The summed E-state index contributed by atoms with van der Waals surface area (Å²) < 4.78 is 23.7. The lowest BCUT2D eigenvalue weighted by atomic mass is 9.84. The van der Waals surface area contributed by atoms with E-state index in [1.165, 1.54) is 5.57 Å². The van der Waals surface area contributed by atoms with Crippen LogP contribution in [0.2, 0.25) is 19.6 Å². The molecule has 1 aromatic rings. The first-order valence-electron chi connectivity index (χ1n) is 10.8. The van der Waals surface area contributed by atoms with Crippen LogP contribution in [0.4, 0.5) is 0 Å². The van der Waals surface area contributed by atoms with Gasteiger partial charge in [0.1, 0.15) is 6.07 Å². The molecule has 0 heterocycles. The lowest BCUT2D eigenvalue weighted by Gasteiger charge is -2.37. The van der Waals surface area contributed by atoms with Crippen molar-refractivity contribution in [3.05, 3.63) is 41.5 Å². The fourth-order valence-corrected chi connectivity index (χ4v) is 5.03. The lowest BCUT2D eigenvalue weighted by Crippen LogP contribution is -2.41. The molecule has 0 N–H and O–H groups in total. The second-order valence-electron chi connectivity index (χ2n) is 8.83. The molecule has 0 aromatic heterocycles. The van der Waals surface area contributed by atoms with Crippen LogP contribution in [0.5, 0.6) is 17.2 Å². The fraction of sp³-hybridized carbons (Fsp3) is 0.560. The Bertz CT molecular complexity index is 816. The van der Waals surface area contributed by atoms with Crippen LogP contribution in [-0.2, 0) is 16.4 Å². The van der Waals surface area contributed by atoms with Crippen molar-refractivity contribution in [2.45, 2.75) is 71.2 Å². The van der Waals surface area contributed by atoms with E-state index in [0.29, 0.717) is 30.1 Å². The smallest absolute Gasteiger partial charge is 0.203 e. The molecule has 0 aliphatic carbocycles. The van der Waals surface area contributed by atoms with Crippen LogP contribution >= 0.6 is 0 Å². The number of rotatable bonds is 13. The number of nitrogens with zero attached hydrogens (tertiary/aromatic N) is 1. The molecule has 0 spiro atoms. The molecule has 0 aliphatic heterocycles. The van der Waals surface area contributed by atoms with Crippen LogP contribution in [0.25, 0.3) is 0 Å². The summed E-state index contributed by atoms with van der Waals surface area (Å²) in [7, 11) is 2.67. The number of nitriles is 1. The van der Waals surface area contributed by atoms with Crippen molar-refractivity contribution in [1.29, 1.82) is 5.26 Å². The molecular formula is C25H39NO4Si. The molecule has 0 bridgehead atoms. The Balaban J connectivity index is 3.82. The molecule has 5 nitrogen and oxygen atoms in total. The van der Waals surface area contributed by atoms with Gasteiger partial charge in [-0.3, -0.25) is 0 Å². The van der Waals surface area contributed by atoms with Crippen molar-refractivity contribution in [1.82, 2.24) is 0 Å². The highest BCUT2D eigenvalue weighted by Gasteiger charge is 2.43. The highest BCUT2D eigenvalue weighted by Crippen LogP contribution is 2.49. The number of ether oxygens (including phenoxy) is 3. The SMILES string of the molecule is C=CCCc1cc(OC)c(OC)c(OC)c1C(C#N)(CCCC=C(C)C)O[Si](C)(C)C. The topological polar surface area (TPSA) is 60.7 Å². The van der Waals surface area contributed by atoms with Gasteiger partial charge in [0.2, 0.25) is 5.75 Å². The molecule has 1 rings (SSSR count). The Morgan fingerprint density at radius 2 is 1.74 bits per heavy atom. The van der Waals surface area contributed by atoms with Crippen molar-refractivity contribution in [3.63, 3.8) is 0 Å². The highest BCUT2D eigenvalue weighted by molar-refractivity contribution is 6.69. The third kappa shape index (κ3) is 7.15. The zero-order valence-electron chi connectivity index (χ0n) is 20.6. The Morgan fingerprint density at radius 3 is 2.19 bits per heavy atom. The van der Waals surface area contributed by atoms with E-state index in [0.717, 1.165) is 30.4 Å². The van der Waals surface area contributed by atoms with Gasteiger partial charge in [-0.1, -0.05) is 17.7 Å².